The molecule has 2 aromatic rings. The lowest BCUT2D eigenvalue weighted by atomic mass is 10.4. The van der Waals surface area contributed by atoms with E-state index in [9.17, 15) is 4.79 Å². The molecule has 2 N–H and O–H groups in total. The predicted octanol–water partition coefficient (Wildman–Crippen LogP) is -1.50. The minimum Gasteiger partial charge on any atom is -0.349 e. The first-order chi connectivity index (χ1) is 7.84. The van der Waals surface area contributed by atoms with Crippen LogP contribution in [0.2, 0.25) is 0 Å². The molecule has 0 unspecified atom stereocenters. The van der Waals surface area contributed by atoms with Gasteiger partial charge in [-0.1, -0.05) is 5.21 Å². The Balaban J connectivity index is 1.69. The Hall–Kier alpha value is -2.32. The number of hydrogen-bond acceptors (Lipinski definition) is 6. The van der Waals surface area contributed by atoms with Crippen molar-refractivity contribution in [1.29, 1.82) is 0 Å². The van der Waals surface area contributed by atoms with E-state index >= 15 is 0 Å². The Morgan fingerprint density at radius 2 is 2.50 bits per heavy atom. The second-order valence-electron chi connectivity index (χ2n) is 3.01. The van der Waals surface area contributed by atoms with Gasteiger partial charge in [0.2, 0.25) is 5.91 Å². The summed E-state index contributed by atoms with van der Waals surface area (Å²) >= 11 is 0. The molecule has 2 heterocycles. The highest BCUT2D eigenvalue weighted by atomic mass is 16.1. The first-order valence-corrected chi connectivity index (χ1v) is 4.66. The highest BCUT2D eigenvalue weighted by Gasteiger charge is 2.04. The minimum atomic E-state index is -0.0969. The van der Waals surface area contributed by atoms with Crippen molar-refractivity contribution in [3.63, 3.8) is 0 Å². The molecule has 0 aliphatic heterocycles. The monoisotopic (exact) mass is 222 g/mol. The van der Waals surface area contributed by atoms with Crippen molar-refractivity contribution in [2.45, 2.75) is 19.5 Å². The van der Waals surface area contributed by atoms with Gasteiger partial charge in [-0.25, -0.2) is 4.98 Å². The zero-order valence-electron chi connectivity index (χ0n) is 8.37. The molecule has 2 aromatic heterocycles. The Morgan fingerprint density at radius 3 is 3.19 bits per heavy atom. The fourth-order valence-corrected chi connectivity index (χ4v) is 1.09. The van der Waals surface area contributed by atoms with Crippen LogP contribution in [0.5, 0.6) is 0 Å². The number of nitrogens with one attached hydrogen (secondary N) is 2. The first kappa shape index (κ1) is 10.2. The Morgan fingerprint density at radius 1 is 1.56 bits per heavy atom. The number of carbonyl (C=O) groups is 1. The van der Waals surface area contributed by atoms with Crippen LogP contribution in [-0.4, -0.2) is 41.3 Å². The van der Waals surface area contributed by atoms with E-state index in [1.807, 2.05) is 0 Å². The van der Waals surface area contributed by atoms with Gasteiger partial charge in [-0.3, -0.25) is 9.48 Å². The molecule has 0 aromatic carbocycles. The fraction of sp³-hybridized carbons (Fsp3) is 0.429. The van der Waals surface area contributed by atoms with Crippen molar-refractivity contribution in [3.05, 3.63) is 18.5 Å². The summed E-state index contributed by atoms with van der Waals surface area (Å²) in [7, 11) is 0. The number of aromatic amines is 1. The van der Waals surface area contributed by atoms with Crippen LogP contribution in [0, 0.1) is 0 Å². The molecule has 0 bridgehead atoms. The standard InChI is InChI=1S/C7H10N8O/c16-7(1-2-15-5-8-4-10-15)9-3-6-11-13-14-12-6/h4-5H,1-3H2,(H,9,16)(H,11,12,13,14). The van der Waals surface area contributed by atoms with E-state index < -0.39 is 0 Å². The zero-order chi connectivity index (χ0) is 11.2. The Labute approximate surface area is 90.3 Å². The van der Waals surface area contributed by atoms with Gasteiger partial charge in [0.1, 0.15) is 12.7 Å². The van der Waals surface area contributed by atoms with Gasteiger partial charge in [0.25, 0.3) is 0 Å². The quantitative estimate of drug-likeness (QED) is 0.636. The molecule has 9 heteroatoms. The van der Waals surface area contributed by atoms with Gasteiger partial charge in [-0.15, -0.1) is 10.2 Å². The van der Waals surface area contributed by atoms with Crippen molar-refractivity contribution in [2.75, 3.05) is 0 Å². The third-order valence-corrected chi connectivity index (χ3v) is 1.87. The summed E-state index contributed by atoms with van der Waals surface area (Å²) in [6, 6.07) is 0. The normalized spacial score (nSPS) is 10.2. The van der Waals surface area contributed by atoms with E-state index in [0.29, 0.717) is 18.8 Å². The van der Waals surface area contributed by atoms with E-state index in [4.69, 9.17) is 0 Å². The molecule has 0 atom stereocenters. The van der Waals surface area contributed by atoms with Crippen LogP contribution in [0.25, 0.3) is 0 Å². The van der Waals surface area contributed by atoms with Crippen LogP contribution in [0.15, 0.2) is 12.7 Å². The summed E-state index contributed by atoms with van der Waals surface area (Å²) < 4.78 is 1.59. The zero-order valence-corrected chi connectivity index (χ0v) is 8.37. The summed E-state index contributed by atoms with van der Waals surface area (Å²) in [6.07, 6.45) is 3.32. The van der Waals surface area contributed by atoms with Crippen molar-refractivity contribution in [1.82, 2.24) is 40.7 Å². The van der Waals surface area contributed by atoms with Crippen LogP contribution >= 0.6 is 0 Å². The summed E-state index contributed by atoms with van der Waals surface area (Å²) in [6.45, 7) is 0.769. The van der Waals surface area contributed by atoms with Crippen molar-refractivity contribution >= 4 is 5.91 Å². The van der Waals surface area contributed by atoms with Gasteiger partial charge in [0.05, 0.1) is 13.1 Å². The van der Waals surface area contributed by atoms with Crippen LogP contribution < -0.4 is 5.32 Å². The summed E-state index contributed by atoms with van der Waals surface area (Å²) in [5, 5.41) is 19.6. The number of nitrogens with zero attached hydrogens (tertiary/aromatic N) is 6. The lowest BCUT2D eigenvalue weighted by Crippen LogP contribution is -2.24. The lowest BCUT2D eigenvalue weighted by molar-refractivity contribution is -0.121. The number of hydrogen-bond donors (Lipinski definition) is 2. The molecule has 0 saturated carbocycles. The van der Waals surface area contributed by atoms with Crippen molar-refractivity contribution < 1.29 is 4.79 Å². The summed E-state index contributed by atoms with van der Waals surface area (Å²) in [5.74, 6) is 0.356. The number of H-pyrrole nitrogens is 1. The SMILES string of the molecule is O=C(CCn1cncn1)NCc1nn[nH]n1. The number of tetrazole rings is 1. The molecular weight excluding hydrogens is 212 g/mol. The molecule has 0 saturated heterocycles. The molecule has 0 fully saturated rings. The molecule has 0 radical (unpaired) electrons. The van der Waals surface area contributed by atoms with E-state index in [2.05, 4.69) is 36.0 Å². The molecule has 84 valence electrons. The Bertz CT molecular complexity index is 381. The summed E-state index contributed by atoms with van der Waals surface area (Å²) in [4.78, 5) is 15.1. The van der Waals surface area contributed by atoms with Crippen molar-refractivity contribution in [2.24, 2.45) is 0 Å². The number of carbonyl (C=O) groups excluding carboxylic acids is 1. The largest absolute Gasteiger partial charge is 0.349 e. The molecule has 0 aliphatic carbocycles. The van der Waals surface area contributed by atoms with Crippen LogP contribution in [0.3, 0.4) is 0 Å². The fourth-order valence-electron chi connectivity index (χ4n) is 1.09. The van der Waals surface area contributed by atoms with Crippen LogP contribution in [-0.2, 0) is 17.9 Å². The molecule has 0 spiro atoms. The molecule has 1 amide bonds. The summed E-state index contributed by atoms with van der Waals surface area (Å²) in [5.41, 5.74) is 0. The highest BCUT2D eigenvalue weighted by molar-refractivity contribution is 5.75. The lowest BCUT2D eigenvalue weighted by Gasteiger charge is -2.01. The highest BCUT2D eigenvalue weighted by Crippen LogP contribution is 1.88. The van der Waals surface area contributed by atoms with Gasteiger partial charge in [-0.2, -0.15) is 10.3 Å². The number of aromatic nitrogens is 7. The van der Waals surface area contributed by atoms with Crippen LogP contribution in [0.1, 0.15) is 12.2 Å². The van der Waals surface area contributed by atoms with Gasteiger partial charge < -0.3 is 5.32 Å². The molecule has 0 aliphatic rings. The average Bonchev–Trinajstić information content (AvgIpc) is 2.96. The first-order valence-electron chi connectivity index (χ1n) is 4.66. The van der Waals surface area contributed by atoms with E-state index in [1.54, 1.807) is 11.0 Å². The molecule has 16 heavy (non-hydrogen) atoms. The smallest absolute Gasteiger partial charge is 0.222 e. The van der Waals surface area contributed by atoms with Gasteiger partial charge in [0.15, 0.2) is 5.82 Å². The van der Waals surface area contributed by atoms with E-state index in [-0.39, 0.29) is 12.5 Å². The van der Waals surface area contributed by atoms with Crippen molar-refractivity contribution in [3.8, 4) is 0 Å². The Kier molecular flexibility index (Phi) is 3.16. The second-order valence-corrected chi connectivity index (χ2v) is 3.01. The third-order valence-electron chi connectivity index (χ3n) is 1.87. The maximum atomic E-state index is 11.4. The van der Waals surface area contributed by atoms with Gasteiger partial charge in [0, 0.05) is 6.42 Å². The third kappa shape index (κ3) is 2.83. The maximum Gasteiger partial charge on any atom is 0.222 e. The van der Waals surface area contributed by atoms with E-state index in [0.717, 1.165) is 0 Å². The number of amides is 1. The number of aryl methyl sites for hydroxylation is 1. The molecular formula is C7H10N8O. The number of rotatable bonds is 5. The maximum absolute atomic E-state index is 11.4. The topological polar surface area (TPSA) is 114 Å². The van der Waals surface area contributed by atoms with Gasteiger partial charge in [-0.05, 0) is 0 Å². The van der Waals surface area contributed by atoms with Gasteiger partial charge >= 0.3 is 0 Å². The average molecular weight is 222 g/mol. The predicted molar refractivity (Wildman–Crippen MR) is 50.7 cm³/mol. The molecule has 9 nitrogen and oxygen atoms in total. The second kappa shape index (κ2) is 4.96. The molecule has 2 rings (SSSR count). The van der Waals surface area contributed by atoms with E-state index in [1.165, 1.54) is 6.33 Å². The van der Waals surface area contributed by atoms with Crippen LogP contribution in [0.4, 0.5) is 0 Å². The minimum absolute atomic E-state index is 0.0969.